The molecule has 1 saturated heterocycles. The second kappa shape index (κ2) is 5.22. The number of rotatable bonds is 2. The van der Waals surface area contributed by atoms with Gasteiger partial charge in [-0.05, 0) is 26.3 Å². The number of nitrogens with zero attached hydrogens (tertiary/aromatic N) is 1. The number of carbonyl (C=O) groups excluding carboxylic acids is 1. The molecule has 3 nitrogen and oxygen atoms in total. The monoisotopic (exact) mass is 184 g/mol. The highest BCUT2D eigenvalue weighted by molar-refractivity contribution is 5.78. The molecule has 1 unspecified atom stereocenters. The van der Waals surface area contributed by atoms with Crippen LogP contribution in [0.15, 0.2) is 0 Å². The average molecular weight is 184 g/mol. The highest BCUT2D eigenvalue weighted by atomic mass is 16.2. The van der Waals surface area contributed by atoms with E-state index in [0.29, 0.717) is 5.91 Å². The quantitative estimate of drug-likeness (QED) is 0.690. The van der Waals surface area contributed by atoms with Gasteiger partial charge in [0.1, 0.15) is 0 Å². The normalized spacial score (nSPS) is 23.7. The molecule has 1 rings (SSSR count). The first-order valence-electron chi connectivity index (χ1n) is 5.21. The summed E-state index contributed by atoms with van der Waals surface area (Å²) in [6.45, 7) is 4.76. The molecule has 1 heterocycles. The molecule has 1 amide bonds. The lowest BCUT2D eigenvalue weighted by Gasteiger charge is -2.21. The summed E-state index contributed by atoms with van der Waals surface area (Å²) in [6.07, 6.45) is 3.44. The van der Waals surface area contributed by atoms with Crippen LogP contribution in [0.2, 0.25) is 0 Å². The maximum Gasteiger partial charge on any atom is 0.226 e. The second-order valence-corrected chi connectivity index (χ2v) is 3.75. The Morgan fingerprint density at radius 3 is 3.00 bits per heavy atom. The highest BCUT2D eigenvalue weighted by Crippen LogP contribution is 2.13. The molecule has 0 saturated carbocycles. The van der Waals surface area contributed by atoms with Crippen molar-refractivity contribution in [1.82, 2.24) is 10.2 Å². The van der Waals surface area contributed by atoms with Crippen molar-refractivity contribution >= 4 is 5.91 Å². The highest BCUT2D eigenvalue weighted by Gasteiger charge is 2.21. The van der Waals surface area contributed by atoms with Gasteiger partial charge in [-0.25, -0.2) is 0 Å². The van der Waals surface area contributed by atoms with Gasteiger partial charge in [0.05, 0.1) is 5.92 Å². The number of amides is 1. The summed E-state index contributed by atoms with van der Waals surface area (Å²) in [7, 11) is 1.88. The van der Waals surface area contributed by atoms with Crippen LogP contribution < -0.4 is 5.32 Å². The lowest BCUT2D eigenvalue weighted by Crippen LogP contribution is -2.37. The van der Waals surface area contributed by atoms with Crippen molar-refractivity contribution in [3.8, 4) is 0 Å². The number of hydrogen-bond donors (Lipinski definition) is 1. The van der Waals surface area contributed by atoms with E-state index in [1.807, 2.05) is 18.9 Å². The van der Waals surface area contributed by atoms with Gasteiger partial charge in [0.2, 0.25) is 5.91 Å². The van der Waals surface area contributed by atoms with Crippen LogP contribution in [-0.4, -0.2) is 37.5 Å². The van der Waals surface area contributed by atoms with E-state index in [9.17, 15) is 4.79 Å². The summed E-state index contributed by atoms with van der Waals surface area (Å²) in [6, 6.07) is 0. The van der Waals surface area contributed by atoms with Crippen LogP contribution in [0.3, 0.4) is 0 Å². The molecule has 0 aromatic heterocycles. The zero-order valence-corrected chi connectivity index (χ0v) is 8.68. The largest absolute Gasteiger partial charge is 0.346 e. The van der Waals surface area contributed by atoms with E-state index in [1.54, 1.807) is 0 Å². The van der Waals surface area contributed by atoms with Crippen LogP contribution in [0.1, 0.15) is 26.2 Å². The Bertz CT molecular complexity index is 162. The van der Waals surface area contributed by atoms with Crippen LogP contribution in [-0.2, 0) is 4.79 Å². The summed E-state index contributed by atoms with van der Waals surface area (Å²) >= 11 is 0. The summed E-state index contributed by atoms with van der Waals surface area (Å²) < 4.78 is 0. The third-order valence-corrected chi connectivity index (χ3v) is 2.75. The molecule has 13 heavy (non-hydrogen) atoms. The van der Waals surface area contributed by atoms with Crippen molar-refractivity contribution in [3.05, 3.63) is 0 Å². The number of carbonyl (C=O) groups is 1. The van der Waals surface area contributed by atoms with Crippen LogP contribution in [0.25, 0.3) is 0 Å². The van der Waals surface area contributed by atoms with Gasteiger partial charge in [-0.3, -0.25) is 4.79 Å². The molecule has 1 fully saturated rings. The molecular weight excluding hydrogens is 164 g/mol. The molecule has 1 atom stereocenters. The van der Waals surface area contributed by atoms with Gasteiger partial charge in [-0.15, -0.1) is 0 Å². The number of nitrogens with one attached hydrogen (secondary N) is 1. The topological polar surface area (TPSA) is 32.3 Å². The maximum absolute atomic E-state index is 11.8. The first kappa shape index (κ1) is 10.5. The minimum absolute atomic E-state index is 0.215. The maximum atomic E-state index is 11.8. The summed E-state index contributed by atoms with van der Waals surface area (Å²) in [5.41, 5.74) is 0. The van der Waals surface area contributed by atoms with Crippen molar-refractivity contribution in [2.24, 2.45) is 5.92 Å². The van der Waals surface area contributed by atoms with E-state index in [-0.39, 0.29) is 5.92 Å². The Kier molecular flexibility index (Phi) is 4.22. The molecule has 0 spiro atoms. The van der Waals surface area contributed by atoms with E-state index in [1.165, 1.54) is 12.8 Å². The third kappa shape index (κ3) is 2.99. The minimum atomic E-state index is 0.215. The van der Waals surface area contributed by atoms with Crippen molar-refractivity contribution in [2.45, 2.75) is 26.2 Å². The molecule has 0 aromatic rings. The van der Waals surface area contributed by atoms with Crippen molar-refractivity contribution in [1.29, 1.82) is 0 Å². The Morgan fingerprint density at radius 2 is 2.31 bits per heavy atom. The fourth-order valence-corrected chi connectivity index (χ4v) is 1.70. The Hall–Kier alpha value is -0.570. The molecule has 0 radical (unpaired) electrons. The van der Waals surface area contributed by atoms with Crippen molar-refractivity contribution in [2.75, 3.05) is 26.7 Å². The van der Waals surface area contributed by atoms with Gasteiger partial charge in [-0.2, -0.15) is 0 Å². The number of hydrogen-bond acceptors (Lipinski definition) is 2. The van der Waals surface area contributed by atoms with Crippen LogP contribution in [0, 0.1) is 5.92 Å². The molecule has 3 heteroatoms. The average Bonchev–Trinajstić information content (AvgIpc) is 2.43. The second-order valence-electron chi connectivity index (χ2n) is 3.75. The smallest absolute Gasteiger partial charge is 0.226 e. The van der Waals surface area contributed by atoms with Crippen LogP contribution in [0.5, 0.6) is 0 Å². The van der Waals surface area contributed by atoms with Gasteiger partial charge in [0, 0.05) is 20.1 Å². The van der Waals surface area contributed by atoms with Gasteiger partial charge in [-0.1, -0.05) is 6.42 Å². The predicted octanol–water partition coefficient (Wildman–Crippen LogP) is 0.854. The van der Waals surface area contributed by atoms with Crippen LogP contribution in [0.4, 0.5) is 0 Å². The van der Waals surface area contributed by atoms with E-state index in [2.05, 4.69) is 5.32 Å². The first-order valence-corrected chi connectivity index (χ1v) is 5.21. The lowest BCUT2D eigenvalue weighted by molar-refractivity contribution is -0.134. The SMILES string of the molecule is CCN(C)C(=O)C1CCCCNC1. The summed E-state index contributed by atoms with van der Waals surface area (Å²) in [5, 5.41) is 3.31. The molecule has 0 aromatic carbocycles. The van der Waals surface area contributed by atoms with Gasteiger partial charge >= 0.3 is 0 Å². The van der Waals surface area contributed by atoms with Crippen molar-refractivity contribution < 1.29 is 4.79 Å². The van der Waals surface area contributed by atoms with Crippen molar-refractivity contribution in [3.63, 3.8) is 0 Å². The van der Waals surface area contributed by atoms with E-state index in [0.717, 1.165) is 26.1 Å². The van der Waals surface area contributed by atoms with E-state index >= 15 is 0 Å². The Balaban J connectivity index is 2.43. The standard InChI is InChI=1S/C10H20N2O/c1-3-12(2)10(13)9-6-4-5-7-11-8-9/h9,11H,3-8H2,1-2H3. The predicted molar refractivity (Wildman–Crippen MR) is 53.5 cm³/mol. The van der Waals surface area contributed by atoms with E-state index < -0.39 is 0 Å². The third-order valence-electron chi connectivity index (χ3n) is 2.75. The Morgan fingerprint density at radius 1 is 1.54 bits per heavy atom. The summed E-state index contributed by atoms with van der Waals surface area (Å²) in [5.74, 6) is 0.518. The van der Waals surface area contributed by atoms with Gasteiger partial charge in [0.15, 0.2) is 0 Å². The minimum Gasteiger partial charge on any atom is -0.346 e. The first-order chi connectivity index (χ1) is 6.25. The molecular formula is C10H20N2O. The lowest BCUT2D eigenvalue weighted by atomic mass is 10.0. The molecule has 1 aliphatic rings. The summed E-state index contributed by atoms with van der Waals surface area (Å²) in [4.78, 5) is 13.6. The zero-order valence-electron chi connectivity index (χ0n) is 8.68. The Labute approximate surface area is 80.5 Å². The molecule has 76 valence electrons. The fourth-order valence-electron chi connectivity index (χ4n) is 1.70. The zero-order chi connectivity index (χ0) is 9.68. The molecule has 0 bridgehead atoms. The van der Waals surface area contributed by atoms with Gasteiger partial charge in [0.25, 0.3) is 0 Å². The van der Waals surface area contributed by atoms with Gasteiger partial charge < -0.3 is 10.2 Å². The van der Waals surface area contributed by atoms with Crippen LogP contribution >= 0.6 is 0 Å². The fraction of sp³-hybridized carbons (Fsp3) is 0.900. The van der Waals surface area contributed by atoms with E-state index in [4.69, 9.17) is 0 Å². The molecule has 0 aliphatic carbocycles. The molecule has 1 N–H and O–H groups in total. The molecule has 1 aliphatic heterocycles.